The molecule has 2 aromatic carbocycles. The first kappa shape index (κ1) is 23.0. The Bertz CT molecular complexity index is 841. The highest BCUT2D eigenvalue weighted by molar-refractivity contribution is 14.1. The van der Waals surface area contributed by atoms with Crippen molar-refractivity contribution in [3.05, 3.63) is 54.2 Å². The number of ether oxygens (including phenoxy) is 1. The summed E-state index contributed by atoms with van der Waals surface area (Å²) in [5.41, 5.74) is 3.33. The number of aryl methyl sites for hydroxylation is 2. The molecule has 0 radical (unpaired) electrons. The van der Waals surface area contributed by atoms with Gasteiger partial charge < -0.3 is 15.0 Å². The van der Waals surface area contributed by atoms with Crippen molar-refractivity contribution in [1.29, 1.82) is 0 Å². The Kier molecular flexibility index (Phi) is 8.76. The average molecular weight is 618 g/mol. The van der Waals surface area contributed by atoms with Crippen molar-refractivity contribution in [2.24, 2.45) is 0 Å². The van der Waals surface area contributed by atoms with E-state index >= 15 is 0 Å². The molecular formula is C23H28I2N2O2. The maximum atomic E-state index is 11.7. The van der Waals surface area contributed by atoms with Crippen LogP contribution in [-0.2, 0) is 12.8 Å². The summed E-state index contributed by atoms with van der Waals surface area (Å²) < 4.78 is 8.33. The number of halogens is 2. The van der Waals surface area contributed by atoms with Crippen LogP contribution in [0.25, 0.3) is 0 Å². The fourth-order valence-corrected chi connectivity index (χ4v) is 5.53. The number of nitrogens with zero attached hydrogens (tertiary/aromatic N) is 1. The molecule has 0 atom stereocenters. The van der Waals surface area contributed by atoms with E-state index in [1.54, 1.807) is 6.92 Å². The first-order valence-electron chi connectivity index (χ1n) is 10.2. The summed E-state index contributed by atoms with van der Waals surface area (Å²) in [6.45, 7) is 9.36. The van der Waals surface area contributed by atoms with Crippen molar-refractivity contribution in [2.75, 3.05) is 32.7 Å². The fraction of sp³-hybridized carbons (Fsp3) is 0.435. The molecule has 0 aromatic heterocycles. The van der Waals surface area contributed by atoms with Crippen molar-refractivity contribution in [2.45, 2.75) is 33.1 Å². The molecular weight excluding hydrogens is 590 g/mol. The van der Waals surface area contributed by atoms with Crippen molar-refractivity contribution in [1.82, 2.24) is 10.2 Å². The third-order valence-corrected chi connectivity index (χ3v) is 6.88. The Morgan fingerprint density at radius 2 is 1.83 bits per heavy atom. The van der Waals surface area contributed by atoms with Crippen molar-refractivity contribution in [3.63, 3.8) is 0 Å². The van der Waals surface area contributed by atoms with Crippen LogP contribution in [0.15, 0.2) is 30.3 Å². The number of carbonyl (C=O) groups excluding carboxylic acids is 1. The van der Waals surface area contributed by atoms with Gasteiger partial charge in [0.15, 0.2) is 11.5 Å². The van der Waals surface area contributed by atoms with E-state index in [0.29, 0.717) is 0 Å². The van der Waals surface area contributed by atoms with Crippen molar-refractivity contribution < 1.29 is 9.53 Å². The van der Waals surface area contributed by atoms with E-state index in [9.17, 15) is 4.79 Å². The third kappa shape index (κ3) is 6.38. The van der Waals surface area contributed by atoms with Gasteiger partial charge in [0.1, 0.15) is 5.75 Å². The van der Waals surface area contributed by atoms with Crippen LogP contribution < -0.4 is 10.1 Å². The Labute approximate surface area is 201 Å². The minimum Gasteiger partial charge on any atom is -0.455 e. The van der Waals surface area contributed by atoms with Gasteiger partial charge in [-0.3, -0.25) is 4.79 Å². The second kappa shape index (κ2) is 11.1. The second-order valence-corrected chi connectivity index (χ2v) is 9.74. The maximum absolute atomic E-state index is 11.7. The standard InChI is InChI=1S/C23H28I2N2O2/c1-3-17-6-7-22(18(13-17)5-4-10-27-11-8-26-9-12-27)29-23-20(24)14-19(16(2)28)15-21(23)25/h6-7,13-15,26H,3-5,8-12H2,1-2H3. The van der Waals surface area contributed by atoms with Crippen LogP contribution in [0.2, 0.25) is 0 Å². The molecule has 0 saturated carbocycles. The molecule has 3 rings (SSSR count). The van der Waals surface area contributed by atoms with Gasteiger partial charge in [-0.1, -0.05) is 19.1 Å². The van der Waals surface area contributed by atoms with Crippen LogP contribution in [-0.4, -0.2) is 43.4 Å². The summed E-state index contributed by atoms with van der Waals surface area (Å²) in [5.74, 6) is 1.84. The Hall–Kier alpha value is -0.710. The number of benzene rings is 2. The molecule has 1 N–H and O–H groups in total. The second-order valence-electron chi connectivity index (χ2n) is 7.42. The predicted molar refractivity (Wildman–Crippen MR) is 135 cm³/mol. The molecule has 0 bridgehead atoms. The Morgan fingerprint density at radius 3 is 2.45 bits per heavy atom. The quantitative estimate of drug-likeness (QED) is 0.323. The highest BCUT2D eigenvalue weighted by Crippen LogP contribution is 2.35. The highest BCUT2D eigenvalue weighted by atomic mass is 127. The molecule has 1 aliphatic heterocycles. The minimum atomic E-state index is 0.0771. The number of nitrogens with one attached hydrogen (secondary N) is 1. The number of Topliss-reactive ketones (excluding diaryl/α,β-unsaturated/α-hetero) is 1. The zero-order valence-corrected chi connectivity index (χ0v) is 21.4. The summed E-state index contributed by atoms with van der Waals surface area (Å²) >= 11 is 4.52. The summed E-state index contributed by atoms with van der Waals surface area (Å²) in [6.07, 6.45) is 3.15. The van der Waals surface area contributed by atoms with E-state index in [4.69, 9.17) is 4.74 Å². The molecule has 0 aliphatic carbocycles. The zero-order valence-electron chi connectivity index (χ0n) is 17.1. The molecule has 1 heterocycles. The van der Waals surface area contributed by atoms with Gasteiger partial charge in [0, 0.05) is 31.7 Å². The fourth-order valence-electron chi connectivity index (χ4n) is 3.55. The van der Waals surface area contributed by atoms with E-state index in [1.165, 1.54) is 11.1 Å². The van der Waals surface area contributed by atoms with Gasteiger partial charge in [-0.15, -0.1) is 0 Å². The molecule has 1 fully saturated rings. The summed E-state index contributed by atoms with van der Waals surface area (Å²) in [5, 5.41) is 3.41. The van der Waals surface area contributed by atoms with E-state index in [2.05, 4.69) is 80.5 Å². The van der Waals surface area contributed by atoms with Gasteiger partial charge >= 0.3 is 0 Å². The molecule has 156 valence electrons. The van der Waals surface area contributed by atoms with Gasteiger partial charge in [0.2, 0.25) is 0 Å². The lowest BCUT2D eigenvalue weighted by Crippen LogP contribution is -2.43. The van der Waals surface area contributed by atoms with Crippen LogP contribution in [0.4, 0.5) is 0 Å². The van der Waals surface area contributed by atoms with Crippen LogP contribution in [0.3, 0.4) is 0 Å². The molecule has 0 amide bonds. The van der Waals surface area contributed by atoms with Crippen LogP contribution in [0, 0.1) is 7.14 Å². The predicted octanol–water partition coefficient (Wildman–Crippen LogP) is 5.29. The lowest BCUT2D eigenvalue weighted by Gasteiger charge is -2.27. The van der Waals surface area contributed by atoms with Crippen LogP contribution >= 0.6 is 45.2 Å². The minimum absolute atomic E-state index is 0.0771. The number of carbonyl (C=O) groups is 1. The van der Waals surface area contributed by atoms with Crippen LogP contribution in [0.1, 0.15) is 41.8 Å². The summed E-state index contributed by atoms with van der Waals surface area (Å²) in [6, 6.07) is 10.4. The Balaban J connectivity index is 1.77. The van der Waals surface area contributed by atoms with Crippen molar-refractivity contribution >= 4 is 51.0 Å². The number of ketones is 1. The molecule has 29 heavy (non-hydrogen) atoms. The number of hydrogen-bond donors (Lipinski definition) is 1. The number of rotatable bonds is 8. The lowest BCUT2D eigenvalue weighted by molar-refractivity contribution is 0.101. The average Bonchev–Trinajstić information content (AvgIpc) is 2.72. The van der Waals surface area contributed by atoms with E-state index in [-0.39, 0.29) is 5.78 Å². The molecule has 1 aliphatic rings. The molecule has 0 unspecified atom stereocenters. The van der Waals surface area contributed by atoms with E-state index in [0.717, 1.165) is 76.2 Å². The van der Waals surface area contributed by atoms with Crippen molar-refractivity contribution in [3.8, 4) is 11.5 Å². The normalized spacial score (nSPS) is 14.8. The summed E-state index contributed by atoms with van der Waals surface area (Å²) in [7, 11) is 0. The molecule has 4 nitrogen and oxygen atoms in total. The smallest absolute Gasteiger partial charge is 0.159 e. The highest BCUT2D eigenvalue weighted by Gasteiger charge is 2.15. The molecule has 0 spiro atoms. The Morgan fingerprint density at radius 1 is 1.14 bits per heavy atom. The zero-order chi connectivity index (χ0) is 20.8. The first-order chi connectivity index (χ1) is 14.0. The van der Waals surface area contributed by atoms with Gasteiger partial charge in [0.05, 0.1) is 7.14 Å². The number of piperazine rings is 1. The van der Waals surface area contributed by atoms with Gasteiger partial charge in [-0.2, -0.15) is 0 Å². The van der Waals surface area contributed by atoms with E-state index < -0.39 is 0 Å². The maximum Gasteiger partial charge on any atom is 0.159 e. The SMILES string of the molecule is CCc1ccc(Oc2c(I)cc(C(C)=O)cc2I)c(CCCN2CCNCC2)c1. The van der Waals surface area contributed by atoms with Gasteiger partial charge in [0.25, 0.3) is 0 Å². The van der Waals surface area contributed by atoms with E-state index in [1.807, 2.05) is 12.1 Å². The lowest BCUT2D eigenvalue weighted by atomic mass is 10.0. The molecule has 6 heteroatoms. The molecule has 2 aromatic rings. The monoisotopic (exact) mass is 618 g/mol. The number of hydrogen-bond acceptors (Lipinski definition) is 4. The topological polar surface area (TPSA) is 41.6 Å². The largest absolute Gasteiger partial charge is 0.455 e. The first-order valence-corrected chi connectivity index (χ1v) is 12.4. The third-order valence-electron chi connectivity index (χ3n) is 5.28. The van der Waals surface area contributed by atoms with Gasteiger partial charge in [-0.25, -0.2) is 0 Å². The summed E-state index contributed by atoms with van der Waals surface area (Å²) in [4.78, 5) is 14.3. The van der Waals surface area contributed by atoms with Crippen LogP contribution in [0.5, 0.6) is 11.5 Å². The molecule has 1 saturated heterocycles. The van der Waals surface area contributed by atoms with Gasteiger partial charge in [-0.05, 0) is 107 Å².